The van der Waals surface area contributed by atoms with Crippen LogP contribution in [-0.2, 0) is 24.6 Å². The zero-order valence-electron chi connectivity index (χ0n) is 25.8. The molecular formula is C30H35N5O4. The van der Waals surface area contributed by atoms with E-state index >= 15 is 0 Å². The molecule has 39 heavy (non-hydrogen) atoms. The summed E-state index contributed by atoms with van der Waals surface area (Å²) in [6.45, 7) is 13.3. The number of fused-ring (bicyclic) bond motifs is 2. The number of rotatable bonds is 4. The largest absolute Gasteiger partial charge is 0.325 e. The Hall–Kier alpha value is -4.19. The maximum Gasteiger partial charge on any atom is 0.313 e. The number of carbonyl (C=O) groups is 4. The summed E-state index contributed by atoms with van der Waals surface area (Å²) < 4.78 is 24.7. The van der Waals surface area contributed by atoms with Gasteiger partial charge in [-0.05, 0) is 48.4 Å². The van der Waals surface area contributed by atoms with Gasteiger partial charge in [0.2, 0.25) is 5.91 Å². The molecule has 9 nitrogen and oxygen atoms in total. The van der Waals surface area contributed by atoms with Gasteiger partial charge < -0.3 is 15.5 Å². The van der Waals surface area contributed by atoms with Gasteiger partial charge in [-0.2, -0.15) is 0 Å². The molecule has 2 aromatic rings. The van der Waals surface area contributed by atoms with Crippen molar-refractivity contribution in [1.82, 2.24) is 9.80 Å². The molecule has 0 bridgehead atoms. The van der Waals surface area contributed by atoms with Crippen molar-refractivity contribution in [1.29, 1.82) is 0 Å². The SMILES string of the molecule is [2H]C([2H])([2H])N(C(=O)C(=O)Nc1c(C)cccc1C)[C@@H](CC(C)(C)C)C(=O)N1C[C@]2(C[C@H]1[N+]#[C-])C(=O)Nc1ccccc12. The van der Waals surface area contributed by atoms with Crippen molar-refractivity contribution in [3.05, 3.63) is 70.6 Å². The minimum Gasteiger partial charge on any atom is -0.325 e. The van der Waals surface area contributed by atoms with Crippen molar-refractivity contribution >= 4 is 35.0 Å². The zero-order chi connectivity index (χ0) is 31.2. The maximum atomic E-state index is 14.3. The first kappa shape index (κ1) is 23.9. The van der Waals surface area contributed by atoms with Crippen molar-refractivity contribution < 1.29 is 23.3 Å². The molecule has 2 aromatic carbocycles. The molecule has 0 radical (unpaired) electrons. The number of benzene rings is 2. The maximum absolute atomic E-state index is 14.3. The zero-order valence-corrected chi connectivity index (χ0v) is 22.8. The number of likely N-dealkylation sites (N-methyl/N-ethyl adjacent to an activating group) is 1. The van der Waals surface area contributed by atoms with Crippen LogP contribution in [0.1, 0.15) is 54.4 Å². The summed E-state index contributed by atoms with van der Waals surface area (Å²) >= 11 is 0. The third-order valence-corrected chi connectivity index (χ3v) is 7.42. The minimum atomic E-state index is -3.16. The van der Waals surface area contributed by atoms with Gasteiger partial charge in [-0.1, -0.05) is 57.2 Å². The van der Waals surface area contributed by atoms with Crippen molar-refractivity contribution in [3.63, 3.8) is 0 Å². The van der Waals surface area contributed by atoms with Gasteiger partial charge in [0.15, 0.2) is 0 Å². The van der Waals surface area contributed by atoms with Crippen LogP contribution >= 0.6 is 0 Å². The van der Waals surface area contributed by atoms with E-state index in [9.17, 15) is 19.2 Å². The summed E-state index contributed by atoms with van der Waals surface area (Å²) in [5.41, 5.74) is 1.13. The van der Waals surface area contributed by atoms with Gasteiger partial charge in [0.1, 0.15) is 11.5 Å². The average Bonchev–Trinajstić information content (AvgIpc) is 3.41. The standard InChI is InChI=1S/C30H35N5O4/c1-18-11-10-12-19(2)24(18)33-25(36)27(38)34(7)22(15-29(3,4)5)26(37)35-17-30(16-23(35)31-6)20-13-8-9-14-21(20)32-28(30)39/h8-14,22-23H,15-17H2,1-5,7H3,(H,32,39)(H,33,36)/t22-,23-,30-/m0/s1/i7D3. The molecule has 2 aliphatic rings. The fraction of sp³-hybridized carbons (Fsp3) is 0.433. The highest BCUT2D eigenvalue weighted by atomic mass is 16.2. The van der Waals surface area contributed by atoms with E-state index in [0.717, 1.165) is 0 Å². The molecular weight excluding hydrogens is 494 g/mol. The lowest BCUT2D eigenvalue weighted by atomic mass is 9.80. The lowest BCUT2D eigenvalue weighted by Gasteiger charge is -2.34. The second kappa shape index (κ2) is 10.2. The molecule has 3 atom stereocenters. The second-order valence-electron chi connectivity index (χ2n) is 11.5. The third kappa shape index (κ3) is 5.11. The fourth-order valence-electron chi connectivity index (χ4n) is 5.45. The molecule has 0 aromatic heterocycles. The van der Waals surface area contributed by atoms with Crippen LogP contribution < -0.4 is 10.6 Å². The lowest BCUT2D eigenvalue weighted by Crippen LogP contribution is -2.54. The third-order valence-electron chi connectivity index (χ3n) is 7.42. The van der Waals surface area contributed by atoms with Crippen molar-refractivity contribution in [2.24, 2.45) is 5.41 Å². The minimum absolute atomic E-state index is 0.0160. The predicted octanol–water partition coefficient (Wildman–Crippen LogP) is 3.87. The molecule has 9 heteroatoms. The van der Waals surface area contributed by atoms with E-state index in [-0.39, 0.29) is 25.3 Å². The summed E-state index contributed by atoms with van der Waals surface area (Å²) in [7, 11) is 0. The summed E-state index contributed by atoms with van der Waals surface area (Å²) in [5.74, 6) is -3.74. The van der Waals surface area contributed by atoms with Crippen LogP contribution in [0.15, 0.2) is 42.5 Å². The Bertz CT molecular complexity index is 1470. The van der Waals surface area contributed by atoms with E-state index in [1.807, 2.05) is 0 Å². The Balaban J connectivity index is 1.73. The van der Waals surface area contributed by atoms with Gasteiger partial charge >= 0.3 is 18.0 Å². The van der Waals surface area contributed by atoms with Crippen LogP contribution in [0.2, 0.25) is 0 Å². The first-order chi connectivity index (χ1) is 19.5. The van der Waals surface area contributed by atoms with Gasteiger partial charge in [0, 0.05) is 29.0 Å². The lowest BCUT2D eigenvalue weighted by molar-refractivity contribution is -0.150. The number of anilines is 2. The molecule has 2 N–H and O–H groups in total. The molecule has 2 aliphatic heterocycles. The molecule has 2 heterocycles. The molecule has 1 saturated heterocycles. The molecule has 1 spiro atoms. The average molecular weight is 533 g/mol. The number of amides is 4. The fourth-order valence-corrected chi connectivity index (χ4v) is 5.45. The molecule has 1 fully saturated rings. The number of carbonyl (C=O) groups excluding carboxylic acids is 4. The molecule has 204 valence electrons. The molecule has 0 unspecified atom stereocenters. The number of hydrogen-bond acceptors (Lipinski definition) is 4. The van der Waals surface area contributed by atoms with Crippen molar-refractivity contribution in [2.45, 2.75) is 65.1 Å². The quantitative estimate of drug-likeness (QED) is 0.461. The summed E-state index contributed by atoms with van der Waals surface area (Å²) in [6.07, 6.45) is -1.17. The highest BCUT2D eigenvalue weighted by molar-refractivity contribution is 6.40. The van der Waals surface area contributed by atoms with E-state index < -0.39 is 47.7 Å². The van der Waals surface area contributed by atoms with E-state index in [0.29, 0.717) is 33.0 Å². The van der Waals surface area contributed by atoms with E-state index in [1.165, 1.54) is 4.90 Å². The van der Waals surface area contributed by atoms with Crippen LogP contribution in [0.5, 0.6) is 0 Å². The Morgan fingerprint density at radius 2 is 1.87 bits per heavy atom. The number of nitrogens with zero attached hydrogens (tertiary/aromatic N) is 3. The van der Waals surface area contributed by atoms with Crippen LogP contribution in [0, 0.1) is 25.8 Å². The summed E-state index contributed by atoms with van der Waals surface area (Å²) in [4.78, 5) is 59.6. The monoisotopic (exact) mass is 532 g/mol. The smallest absolute Gasteiger partial charge is 0.313 e. The van der Waals surface area contributed by atoms with Gasteiger partial charge in [0.05, 0.1) is 6.42 Å². The Kier molecular flexibility index (Phi) is 6.23. The number of hydrogen-bond donors (Lipinski definition) is 2. The van der Waals surface area contributed by atoms with Gasteiger partial charge in [-0.3, -0.25) is 28.9 Å². The van der Waals surface area contributed by atoms with Crippen LogP contribution in [-0.4, -0.2) is 59.2 Å². The first-order valence-corrected chi connectivity index (χ1v) is 12.8. The van der Waals surface area contributed by atoms with Gasteiger partial charge in [0.25, 0.3) is 5.91 Å². The highest BCUT2D eigenvalue weighted by Gasteiger charge is 2.59. The number of para-hydroxylation sites is 2. The van der Waals surface area contributed by atoms with Crippen LogP contribution in [0.3, 0.4) is 0 Å². The Morgan fingerprint density at radius 1 is 1.21 bits per heavy atom. The van der Waals surface area contributed by atoms with Crippen molar-refractivity contribution in [3.8, 4) is 0 Å². The normalized spacial score (nSPS) is 22.2. The number of nitrogens with one attached hydrogen (secondary N) is 2. The summed E-state index contributed by atoms with van der Waals surface area (Å²) in [6, 6.07) is 10.7. The Labute approximate surface area is 233 Å². The van der Waals surface area contributed by atoms with Crippen LogP contribution in [0.4, 0.5) is 11.4 Å². The van der Waals surface area contributed by atoms with E-state index in [4.69, 9.17) is 10.7 Å². The first-order valence-electron chi connectivity index (χ1n) is 14.3. The molecule has 4 rings (SSSR count). The van der Waals surface area contributed by atoms with Crippen LogP contribution in [0.25, 0.3) is 4.85 Å². The molecule has 4 amide bonds. The van der Waals surface area contributed by atoms with E-state index in [1.54, 1.807) is 77.1 Å². The Morgan fingerprint density at radius 3 is 2.49 bits per heavy atom. The predicted molar refractivity (Wildman–Crippen MR) is 149 cm³/mol. The molecule has 0 saturated carbocycles. The van der Waals surface area contributed by atoms with E-state index in [2.05, 4.69) is 15.5 Å². The second-order valence-corrected chi connectivity index (χ2v) is 11.5. The van der Waals surface area contributed by atoms with Gasteiger partial charge in [-0.25, -0.2) is 6.57 Å². The van der Waals surface area contributed by atoms with Gasteiger partial charge in [-0.15, -0.1) is 0 Å². The number of aryl methyl sites for hydroxylation is 2. The highest BCUT2D eigenvalue weighted by Crippen LogP contribution is 2.47. The topological polar surface area (TPSA) is 103 Å². The summed E-state index contributed by atoms with van der Waals surface area (Å²) in [5, 5.41) is 5.35. The number of likely N-dealkylation sites (tertiary alicyclic amines) is 1. The molecule has 0 aliphatic carbocycles. The van der Waals surface area contributed by atoms with Crippen molar-refractivity contribution in [2.75, 3.05) is 24.2 Å².